The van der Waals surface area contributed by atoms with Crippen molar-refractivity contribution in [2.75, 3.05) is 11.2 Å². The predicted molar refractivity (Wildman–Crippen MR) is 78.4 cm³/mol. The van der Waals surface area contributed by atoms with E-state index < -0.39 is 0 Å². The van der Waals surface area contributed by atoms with Crippen LogP contribution in [0.1, 0.15) is 31.2 Å². The van der Waals surface area contributed by atoms with E-state index in [1.54, 1.807) is 0 Å². The van der Waals surface area contributed by atoms with E-state index in [9.17, 15) is 4.79 Å². The van der Waals surface area contributed by atoms with Crippen LogP contribution in [0.15, 0.2) is 24.3 Å². The Labute approximate surface area is 119 Å². The molecule has 3 atom stereocenters. The largest absolute Gasteiger partial charge is 0.326 e. The van der Waals surface area contributed by atoms with Crippen molar-refractivity contribution in [2.45, 2.75) is 32.1 Å². The van der Waals surface area contributed by atoms with Crippen molar-refractivity contribution in [1.82, 2.24) is 0 Å². The van der Waals surface area contributed by atoms with Gasteiger partial charge in [-0.2, -0.15) is 0 Å². The number of fused-ring (bicyclic) bond motifs is 2. The normalized spacial score (nSPS) is 28.6. The quantitative estimate of drug-likeness (QED) is 0.833. The van der Waals surface area contributed by atoms with E-state index >= 15 is 0 Å². The monoisotopic (exact) mass is 277 g/mol. The van der Waals surface area contributed by atoms with Crippen LogP contribution >= 0.6 is 11.6 Å². The Morgan fingerprint density at radius 3 is 2.58 bits per heavy atom. The van der Waals surface area contributed by atoms with Gasteiger partial charge in [0.2, 0.25) is 5.91 Å². The summed E-state index contributed by atoms with van der Waals surface area (Å²) in [5.41, 5.74) is 2.12. The minimum atomic E-state index is 0.220. The third kappa shape index (κ3) is 2.79. The fourth-order valence-corrected chi connectivity index (χ4v) is 3.88. The van der Waals surface area contributed by atoms with Crippen LogP contribution in [-0.2, 0) is 11.2 Å². The van der Waals surface area contributed by atoms with Gasteiger partial charge in [0.1, 0.15) is 0 Å². The lowest BCUT2D eigenvalue weighted by Gasteiger charge is -2.20. The van der Waals surface area contributed by atoms with E-state index in [1.165, 1.54) is 24.8 Å². The van der Waals surface area contributed by atoms with Crippen LogP contribution in [0.3, 0.4) is 0 Å². The topological polar surface area (TPSA) is 29.1 Å². The molecule has 0 aliphatic heterocycles. The number of benzene rings is 1. The van der Waals surface area contributed by atoms with Crippen molar-refractivity contribution in [3.05, 3.63) is 29.8 Å². The number of anilines is 1. The number of hydrogen-bond donors (Lipinski definition) is 1. The molecular formula is C16H20ClNO. The Balaban J connectivity index is 1.60. The molecule has 3 rings (SSSR count). The van der Waals surface area contributed by atoms with E-state index in [1.807, 2.05) is 24.3 Å². The van der Waals surface area contributed by atoms with Gasteiger partial charge >= 0.3 is 0 Å². The fourth-order valence-electron chi connectivity index (χ4n) is 3.66. The smallest absolute Gasteiger partial charge is 0.227 e. The fraction of sp³-hybridized carbons (Fsp3) is 0.562. The molecule has 1 amide bonds. The Hall–Kier alpha value is -1.02. The highest BCUT2D eigenvalue weighted by Crippen LogP contribution is 2.48. The molecule has 1 aromatic rings. The summed E-state index contributed by atoms with van der Waals surface area (Å²) in [4.78, 5) is 12.3. The molecule has 1 aromatic carbocycles. The lowest BCUT2D eigenvalue weighted by Crippen LogP contribution is -2.27. The number of amides is 1. The maximum absolute atomic E-state index is 12.3. The molecule has 102 valence electrons. The van der Waals surface area contributed by atoms with Gasteiger partial charge in [-0.3, -0.25) is 4.79 Å². The summed E-state index contributed by atoms with van der Waals surface area (Å²) in [6.07, 6.45) is 5.83. The van der Waals surface area contributed by atoms with Crippen molar-refractivity contribution >= 4 is 23.2 Å². The molecule has 0 heterocycles. The predicted octanol–water partition coefficient (Wildman–Crippen LogP) is 3.84. The number of nitrogens with one attached hydrogen (secondary N) is 1. The van der Waals surface area contributed by atoms with Crippen LogP contribution in [0.2, 0.25) is 0 Å². The van der Waals surface area contributed by atoms with Gasteiger partial charge in [-0.15, -0.1) is 11.6 Å². The van der Waals surface area contributed by atoms with Crippen molar-refractivity contribution in [1.29, 1.82) is 0 Å². The van der Waals surface area contributed by atoms with Crippen LogP contribution in [0.5, 0.6) is 0 Å². The van der Waals surface area contributed by atoms with Crippen LogP contribution in [0.25, 0.3) is 0 Å². The third-order valence-corrected chi connectivity index (χ3v) is 4.87. The van der Waals surface area contributed by atoms with Crippen molar-refractivity contribution in [3.8, 4) is 0 Å². The first-order valence-electron chi connectivity index (χ1n) is 7.22. The van der Waals surface area contributed by atoms with E-state index in [0.29, 0.717) is 11.8 Å². The van der Waals surface area contributed by atoms with E-state index in [0.717, 1.165) is 24.4 Å². The molecule has 2 fully saturated rings. The zero-order valence-electron chi connectivity index (χ0n) is 11.1. The minimum Gasteiger partial charge on any atom is -0.326 e. The third-order valence-electron chi connectivity index (χ3n) is 4.68. The van der Waals surface area contributed by atoms with Crippen molar-refractivity contribution in [3.63, 3.8) is 0 Å². The number of aryl methyl sites for hydroxylation is 1. The van der Waals surface area contributed by atoms with Crippen LogP contribution < -0.4 is 5.32 Å². The number of rotatable bonds is 4. The number of carbonyl (C=O) groups is 1. The number of carbonyl (C=O) groups excluding carboxylic acids is 1. The molecule has 2 nitrogen and oxygen atoms in total. The zero-order valence-corrected chi connectivity index (χ0v) is 11.8. The zero-order chi connectivity index (χ0) is 13.2. The summed E-state index contributed by atoms with van der Waals surface area (Å²) in [6.45, 7) is 0. The van der Waals surface area contributed by atoms with E-state index in [-0.39, 0.29) is 11.8 Å². The number of halogens is 1. The Morgan fingerprint density at radius 2 is 2.00 bits per heavy atom. The summed E-state index contributed by atoms with van der Waals surface area (Å²) >= 11 is 5.71. The number of alkyl halides is 1. The van der Waals surface area contributed by atoms with Gasteiger partial charge in [0.15, 0.2) is 0 Å². The molecule has 0 radical (unpaired) electrons. The van der Waals surface area contributed by atoms with E-state index in [4.69, 9.17) is 11.6 Å². The highest BCUT2D eigenvalue weighted by molar-refractivity contribution is 6.18. The molecule has 3 unspecified atom stereocenters. The molecule has 2 bridgehead atoms. The highest BCUT2D eigenvalue weighted by Gasteiger charge is 2.42. The maximum Gasteiger partial charge on any atom is 0.227 e. The average Bonchev–Trinajstić information content (AvgIpc) is 3.04. The van der Waals surface area contributed by atoms with Crippen LogP contribution in [-0.4, -0.2) is 11.8 Å². The SMILES string of the molecule is O=C(Nc1ccc(CCCl)cc1)C1CC2CCC1C2. The molecule has 3 heteroatoms. The second-order valence-corrected chi connectivity index (χ2v) is 6.28. The molecule has 2 aliphatic rings. The van der Waals surface area contributed by atoms with Crippen molar-refractivity contribution in [2.24, 2.45) is 17.8 Å². The van der Waals surface area contributed by atoms with Gasteiger partial charge in [0.25, 0.3) is 0 Å². The molecule has 0 aromatic heterocycles. The lowest BCUT2D eigenvalue weighted by atomic mass is 9.88. The Bertz CT molecular complexity index is 456. The first-order valence-corrected chi connectivity index (χ1v) is 7.75. The average molecular weight is 278 g/mol. The standard InChI is InChI=1S/C16H20ClNO/c17-8-7-11-2-5-14(6-3-11)18-16(19)15-10-12-1-4-13(15)9-12/h2-3,5-6,12-13,15H,1,4,7-10H2,(H,18,19). The van der Waals surface area contributed by atoms with Gasteiger partial charge in [0.05, 0.1) is 0 Å². The summed E-state index contributed by atoms with van der Waals surface area (Å²) in [5.74, 6) is 2.56. The first-order chi connectivity index (χ1) is 9.26. The van der Waals surface area contributed by atoms with Gasteiger partial charge in [-0.25, -0.2) is 0 Å². The minimum absolute atomic E-state index is 0.220. The van der Waals surface area contributed by atoms with E-state index in [2.05, 4.69) is 5.32 Å². The summed E-state index contributed by atoms with van der Waals surface area (Å²) in [6, 6.07) is 8.04. The van der Waals surface area contributed by atoms with Gasteiger partial charge in [-0.05, 0) is 55.2 Å². The van der Waals surface area contributed by atoms with Gasteiger partial charge < -0.3 is 5.32 Å². The maximum atomic E-state index is 12.3. The van der Waals surface area contributed by atoms with Crippen LogP contribution in [0.4, 0.5) is 5.69 Å². The molecular weight excluding hydrogens is 258 g/mol. The highest BCUT2D eigenvalue weighted by atomic mass is 35.5. The van der Waals surface area contributed by atoms with Crippen LogP contribution in [0, 0.1) is 17.8 Å². The molecule has 0 spiro atoms. The van der Waals surface area contributed by atoms with Crippen molar-refractivity contribution < 1.29 is 4.79 Å². The van der Waals surface area contributed by atoms with Gasteiger partial charge in [-0.1, -0.05) is 18.6 Å². The summed E-state index contributed by atoms with van der Waals surface area (Å²) < 4.78 is 0. The molecule has 19 heavy (non-hydrogen) atoms. The Kier molecular flexibility index (Phi) is 3.79. The molecule has 0 saturated heterocycles. The summed E-state index contributed by atoms with van der Waals surface area (Å²) in [5, 5.41) is 3.07. The lowest BCUT2D eigenvalue weighted by molar-refractivity contribution is -0.121. The second kappa shape index (κ2) is 5.54. The molecule has 2 aliphatic carbocycles. The first kappa shape index (κ1) is 13.0. The summed E-state index contributed by atoms with van der Waals surface area (Å²) in [7, 11) is 0. The Morgan fingerprint density at radius 1 is 1.21 bits per heavy atom. The second-order valence-electron chi connectivity index (χ2n) is 5.91. The number of hydrogen-bond acceptors (Lipinski definition) is 1. The molecule has 1 N–H and O–H groups in total. The van der Waals surface area contributed by atoms with Gasteiger partial charge in [0, 0.05) is 17.5 Å². The molecule has 2 saturated carbocycles.